The average molecular weight is 385 g/mol. The van der Waals surface area contributed by atoms with E-state index in [9.17, 15) is 0 Å². The summed E-state index contributed by atoms with van der Waals surface area (Å²) in [6, 6.07) is 3.98. The second-order valence-corrected chi connectivity index (χ2v) is 7.11. The molecule has 1 spiro atoms. The van der Waals surface area contributed by atoms with Gasteiger partial charge in [-0.05, 0) is 66.2 Å². The molecule has 0 bridgehead atoms. The van der Waals surface area contributed by atoms with Gasteiger partial charge in [-0.3, -0.25) is 4.90 Å². The summed E-state index contributed by atoms with van der Waals surface area (Å²) in [5.41, 5.74) is 13.6. The lowest BCUT2D eigenvalue weighted by molar-refractivity contribution is 0.305. The van der Waals surface area contributed by atoms with Gasteiger partial charge in [0, 0.05) is 10.2 Å². The maximum absolute atomic E-state index is 6.25. The summed E-state index contributed by atoms with van der Waals surface area (Å²) in [7, 11) is 0. The van der Waals surface area contributed by atoms with Gasteiger partial charge in [0.05, 0.1) is 5.02 Å². The number of rotatable bonds is 1. The molecular weight excluding hydrogens is 366 g/mol. The van der Waals surface area contributed by atoms with E-state index in [1.165, 1.54) is 6.42 Å². The molecule has 1 aliphatic carbocycles. The fourth-order valence-corrected chi connectivity index (χ4v) is 3.99. The Hall–Kier alpha value is -1.27. The molecule has 0 unspecified atom stereocenters. The predicted octanol–water partition coefficient (Wildman–Crippen LogP) is 3.52. The lowest BCUT2D eigenvalue weighted by atomic mass is 9.87. The second kappa shape index (κ2) is 5.74. The highest BCUT2D eigenvalue weighted by molar-refractivity contribution is 9.10. The lowest BCUT2D eigenvalue weighted by Gasteiger charge is -2.45. The third-order valence-corrected chi connectivity index (χ3v) is 5.66. The Balaban J connectivity index is 2.12. The zero-order chi connectivity index (χ0) is 15.9. The molecule has 5 nitrogen and oxygen atoms in total. The molecule has 1 aromatic carbocycles. The number of nitrogens with two attached hydrogens (primary N) is 2. The van der Waals surface area contributed by atoms with E-state index in [0.29, 0.717) is 11.0 Å². The molecule has 0 radical (unpaired) electrons. The van der Waals surface area contributed by atoms with Crippen LogP contribution in [0, 0.1) is 6.92 Å². The first kappa shape index (κ1) is 15.6. The molecule has 1 heterocycles. The van der Waals surface area contributed by atoms with Crippen molar-refractivity contribution in [3.8, 4) is 0 Å². The minimum Gasteiger partial charge on any atom is -0.369 e. The Kier molecular flexibility index (Phi) is 4.07. The van der Waals surface area contributed by atoms with E-state index in [1.807, 2.05) is 24.0 Å². The van der Waals surface area contributed by atoms with Gasteiger partial charge in [0.25, 0.3) is 0 Å². The molecule has 0 saturated heterocycles. The Morgan fingerprint density at radius 1 is 1.23 bits per heavy atom. The summed E-state index contributed by atoms with van der Waals surface area (Å²) >= 11 is 9.76. The SMILES string of the molecule is Cc1cc(N2C(N)=NC(N)=NC23CCCCC3)cc(Br)c1Cl. The van der Waals surface area contributed by atoms with Crippen LogP contribution in [0.4, 0.5) is 5.69 Å². The van der Waals surface area contributed by atoms with Crippen molar-refractivity contribution in [1.82, 2.24) is 0 Å². The molecule has 3 rings (SSSR count). The largest absolute Gasteiger partial charge is 0.369 e. The number of hydrogen-bond acceptors (Lipinski definition) is 5. The van der Waals surface area contributed by atoms with Gasteiger partial charge in [0.1, 0.15) is 5.66 Å². The number of hydrogen-bond donors (Lipinski definition) is 2. The van der Waals surface area contributed by atoms with Gasteiger partial charge in [-0.15, -0.1) is 0 Å². The van der Waals surface area contributed by atoms with Gasteiger partial charge in [0.2, 0.25) is 11.9 Å². The molecule has 1 saturated carbocycles. The minimum absolute atomic E-state index is 0.264. The molecule has 7 heteroatoms. The molecule has 118 valence electrons. The van der Waals surface area contributed by atoms with E-state index in [1.54, 1.807) is 0 Å². The summed E-state index contributed by atoms with van der Waals surface area (Å²) in [6.45, 7) is 1.97. The van der Waals surface area contributed by atoms with Crippen LogP contribution in [0.25, 0.3) is 0 Å². The molecule has 22 heavy (non-hydrogen) atoms. The number of aliphatic imine (C=N–C) groups is 2. The van der Waals surface area contributed by atoms with Gasteiger partial charge >= 0.3 is 0 Å². The maximum atomic E-state index is 6.25. The number of nitrogens with zero attached hydrogens (tertiary/aromatic N) is 3. The third-order valence-electron chi connectivity index (χ3n) is 4.30. The standard InChI is InChI=1S/C15H19BrClN5/c1-9-7-10(8-11(16)12(9)17)22-14(19)20-13(18)21-15(22)5-3-2-4-6-15/h7-8H,2-6H2,1H3,(H4,18,19,20,21). The molecule has 0 aromatic heterocycles. The zero-order valence-corrected chi connectivity index (χ0v) is 14.8. The van der Waals surface area contributed by atoms with Crippen molar-refractivity contribution >= 4 is 45.1 Å². The summed E-state index contributed by atoms with van der Waals surface area (Å²) in [5, 5.41) is 0.706. The van der Waals surface area contributed by atoms with Crippen LogP contribution in [-0.2, 0) is 0 Å². The van der Waals surface area contributed by atoms with E-state index < -0.39 is 5.66 Å². The molecule has 1 fully saturated rings. The summed E-state index contributed by atoms with van der Waals surface area (Å²) in [4.78, 5) is 10.8. The van der Waals surface area contributed by atoms with Crippen LogP contribution in [0.2, 0.25) is 5.02 Å². The van der Waals surface area contributed by atoms with Crippen molar-refractivity contribution in [2.75, 3.05) is 4.90 Å². The van der Waals surface area contributed by atoms with Gasteiger partial charge < -0.3 is 11.5 Å². The van der Waals surface area contributed by atoms with E-state index in [-0.39, 0.29) is 5.96 Å². The van der Waals surface area contributed by atoms with Crippen LogP contribution in [-0.4, -0.2) is 17.6 Å². The Labute approximate surface area is 143 Å². The van der Waals surface area contributed by atoms with Crippen LogP contribution < -0.4 is 16.4 Å². The maximum Gasteiger partial charge on any atom is 0.220 e. The third kappa shape index (κ3) is 2.58. The molecule has 1 aromatic rings. The minimum atomic E-state index is -0.423. The molecule has 0 atom stereocenters. The number of aryl methyl sites for hydroxylation is 1. The number of anilines is 1. The highest BCUT2D eigenvalue weighted by Crippen LogP contribution is 2.41. The zero-order valence-electron chi connectivity index (χ0n) is 12.4. The summed E-state index contributed by atoms with van der Waals surface area (Å²) in [5.74, 6) is 0.656. The van der Waals surface area contributed by atoms with Gasteiger partial charge in [0.15, 0.2) is 0 Å². The molecule has 2 aliphatic rings. The van der Waals surface area contributed by atoms with Gasteiger partial charge in [-0.2, -0.15) is 4.99 Å². The van der Waals surface area contributed by atoms with Gasteiger partial charge in [-0.1, -0.05) is 18.0 Å². The first-order chi connectivity index (χ1) is 10.4. The average Bonchev–Trinajstić information content (AvgIpc) is 2.44. The monoisotopic (exact) mass is 383 g/mol. The Bertz CT molecular complexity index is 641. The van der Waals surface area contributed by atoms with E-state index in [4.69, 9.17) is 23.1 Å². The highest BCUT2D eigenvalue weighted by atomic mass is 79.9. The van der Waals surface area contributed by atoms with Crippen LogP contribution in [0.1, 0.15) is 37.7 Å². The second-order valence-electron chi connectivity index (χ2n) is 5.88. The van der Waals surface area contributed by atoms with Crippen molar-refractivity contribution < 1.29 is 0 Å². The molecular formula is C15H19BrClN5. The van der Waals surface area contributed by atoms with E-state index >= 15 is 0 Å². The van der Waals surface area contributed by atoms with Crippen molar-refractivity contribution in [2.45, 2.75) is 44.7 Å². The fraction of sp³-hybridized carbons (Fsp3) is 0.467. The van der Waals surface area contributed by atoms with Crippen molar-refractivity contribution in [2.24, 2.45) is 21.5 Å². The van der Waals surface area contributed by atoms with E-state index in [2.05, 4.69) is 25.9 Å². The smallest absolute Gasteiger partial charge is 0.220 e. The Morgan fingerprint density at radius 3 is 2.55 bits per heavy atom. The van der Waals surface area contributed by atoms with Crippen molar-refractivity contribution in [3.63, 3.8) is 0 Å². The first-order valence-corrected chi connectivity index (χ1v) is 8.55. The molecule has 4 N–H and O–H groups in total. The highest BCUT2D eigenvalue weighted by Gasteiger charge is 2.42. The fourth-order valence-electron chi connectivity index (χ4n) is 3.33. The van der Waals surface area contributed by atoms with E-state index in [0.717, 1.165) is 41.4 Å². The number of guanidine groups is 2. The first-order valence-electron chi connectivity index (χ1n) is 7.38. The van der Waals surface area contributed by atoms with Crippen LogP contribution >= 0.6 is 27.5 Å². The normalized spacial score (nSPS) is 20.8. The summed E-state index contributed by atoms with van der Waals surface area (Å²) in [6.07, 6.45) is 5.26. The molecule has 0 amide bonds. The van der Waals surface area contributed by atoms with Crippen LogP contribution in [0.15, 0.2) is 26.6 Å². The number of halogens is 2. The predicted molar refractivity (Wildman–Crippen MR) is 95.4 cm³/mol. The molecule has 1 aliphatic heterocycles. The van der Waals surface area contributed by atoms with Crippen LogP contribution in [0.3, 0.4) is 0 Å². The van der Waals surface area contributed by atoms with Crippen molar-refractivity contribution in [3.05, 3.63) is 27.2 Å². The Morgan fingerprint density at radius 2 is 1.91 bits per heavy atom. The lowest BCUT2D eigenvalue weighted by Crippen LogP contribution is -2.58. The van der Waals surface area contributed by atoms with Crippen molar-refractivity contribution in [1.29, 1.82) is 0 Å². The topological polar surface area (TPSA) is 80.0 Å². The summed E-state index contributed by atoms with van der Waals surface area (Å²) < 4.78 is 0.838. The van der Waals surface area contributed by atoms with Gasteiger partial charge in [-0.25, -0.2) is 4.99 Å². The van der Waals surface area contributed by atoms with Crippen LogP contribution in [0.5, 0.6) is 0 Å². The number of benzene rings is 1. The quantitative estimate of drug-likeness (QED) is 0.777.